The number of nitrogens with zero attached hydrogens (tertiary/aromatic N) is 2. The fourth-order valence-corrected chi connectivity index (χ4v) is 5.41. The lowest BCUT2D eigenvalue weighted by molar-refractivity contribution is 0.278. The van der Waals surface area contributed by atoms with Crippen molar-refractivity contribution in [3.8, 4) is 0 Å². The van der Waals surface area contributed by atoms with Crippen molar-refractivity contribution in [1.82, 2.24) is 9.21 Å². The zero-order valence-electron chi connectivity index (χ0n) is 16.2. The molecule has 0 N–H and O–H groups in total. The number of hydrogen-bond donors (Lipinski definition) is 0. The zero-order chi connectivity index (χ0) is 20.4. The highest BCUT2D eigenvalue weighted by molar-refractivity contribution is 7.90. The molecule has 28 heavy (non-hydrogen) atoms. The standard InChI is InChI=1S/C20H26N2O4S2/c1-17-4-8-20(9-5-17)28(25,26)22-13-3-12-21(14-15-22)16-18-6-10-19(11-7-18)27(2,23)24/h4-11H,3,12-16H2,1-2H3. The summed E-state index contributed by atoms with van der Waals surface area (Å²) in [6.45, 7) is 4.98. The first kappa shape index (κ1) is 21.0. The third-order valence-electron chi connectivity index (χ3n) is 4.96. The van der Waals surface area contributed by atoms with E-state index in [9.17, 15) is 16.8 Å². The summed E-state index contributed by atoms with van der Waals surface area (Å²) >= 11 is 0. The van der Waals surface area contributed by atoms with E-state index in [4.69, 9.17) is 0 Å². The van der Waals surface area contributed by atoms with Crippen molar-refractivity contribution in [2.75, 3.05) is 32.4 Å². The highest BCUT2D eigenvalue weighted by Gasteiger charge is 2.26. The van der Waals surface area contributed by atoms with Gasteiger partial charge in [-0.1, -0.05) is 29.8 Å². The maximum atomic E-state index is 12.9. The smallest absolute Gasteiger partial charge is 0.243 e. The van der Waals surface area contributed by atoms with Crippen molar-refractivity contribution in [2.24, 2.45) is 0 Å². The largest absolute Gasteiger partial charge is 0.298 e. The van der Waals surface area contributed by atoms with Gasteiger partial charge >= 0.3 is 0 Å². The van der Waals surface area contributed by atoms with Gasteiger partial charge in [0.2, 0.25) is 10.0 Å². The molecule has 0 radical (unpaired) electrons. The predicted octanol–water partition coefficient (Wildman–Crippen LogP) is 2.30. The Morgan fingerprint density at radius 1 is 0.786 bits per heavy atom. The van der Waals surface area contributed by atoms with Crippen LogP contribution in [0.5, 0.6) is 0 Å². The Labute approximate surface area is 167 Å². The van der Waals surface area contributed by atoms with Crippen LogP contribution in [0.2, 0.25) is 0 Å². The average molecular weight is 423 g/mol. The maximum Gasteiger partial charge on any atom is 0.243 e. The second-order valence-electron chi connectivity index (χ2n) is 7.26. The molecule has 2 aromatic rings. The first-order valence-electron chi connectivity index (χ1n) is 9.24. The van der Waals surface area contributed by atoms with Gasteiger partial charge in [-0.2, -0.15) is 4.31 Å². The molecule has 0 atom stereocenters. The quantitative estimate of drug-likeness (QED) is 0.739. The first-order valence-corrected chi connectivity index (χ1v) is 12.6. The predicted molar refractivity (Wildman–Crippen MR) is 109 cm³/mol. The van der Waals surface area contributed by atoms with Crippen molar-refractivity contribution in [2.45, 2.75) is 29.7 Å². The Bertz CT molecular complexity index is 1010. The third kappa shape index (κ3) is 5.00. The van der Waals surface area contributed by atoms with Gasteiger partial charge in [0.15, 0.2) is 9.84 Å². The van der Waals surface area contributed by atoms with Crippen LogP contribution in [0.3, 0.4) is 0 Å². The van der Waals surface area contributed by atoms with Gasteiger partial charge in [0.05, 0.1) is 9.79 Å². The molecule has 0 bridgehead atoms. The van der Waals surface area contributed by atoms with E-state index in [1.54, 1.807) is 28.6 Å². The molecule has 3 rings (SSSR count). The monoisotopic (exact) mass is 422 g/mol. The van der Waals surface area contributed by atoms with E-state index >= 15 is 0 Å². The van der Waals surface area contributed by atoms with Gasteiger partial charge < -0.3 is 0 Å². The molecule has 1 aliphatic heterocycles. The highest BCUT2D eigenvalue weighted by atomic mass is 32.2. The summed E-state index contributed by atoms with van der Waals surface area (Å²) in [7, 11) is -6.68. The van der Waals surface area contributed by atoms with Gasteiger partial charge in [0, 0.05) is 32.4 Å². The summed E-state index contributed by atoms with van der Waals surface area (Å²) < 4.78 is 50.5. The number of rotatable bonds is 5. The van der Waals surface area contributed by atoms with Crippen LogP contribution in [-0.4, -0.2) is 58.5 Å². The summed E-state index contributed by atoms with van der Waals surface area (Å²) in [5, 5.41) is 0. The van der Waals surface area contributed by atoms with Gasteiger partial charge in [-0.3, -0.25) is 4.90 Å². The van der Waals surface area contributed by atoms with Crippen LogP contribution in [0.1, 0.15) is 17.5 Å². The van der Waals surface area contributed by atoms with Crippen molar-refractivity contribution < 1.29 is 16.8 Å². The summed E-state index contributed by atoms with van der Waals surface area (Å²) in [5.74, 6) is 0. The van der Waals surface area contributed by atoms with E-state index < -0.39 is 19.9 Å². The minimum Gasteiger partial charge on any atom is -0.298 e. The van der Waals surface area contributed by atoms with Gasteiger partial charge in [0.25, 0.3) is 0 Å². The molecule has 6 nitrogen and oxygen atoms in total. The summed E-state index contributed by atoms with van der Waals surface area (Å²) in [5.41, 5.74) is 2.05. The Kier molecular flexibility index (Phi) is 6.24. The van der Waals surface area contributed by atoms with Crippen LogP contribution in [0.15, 0.2) is 58.3 Å². The molecule has 0 spiro atoms. The fourth-order valence-electron chi connectivity index (χ4n) is 3.31. The SMILES string of the molecule is Cc1ccc(S(=O)(=O)N2CCCN(Cc3ccc(S(C)(=O)=O)cc3)CC2)cc1. The van der Waals surface area contributed by atoms with Crippen LogP contribution in [0.25, 0.3) is 0 Å². The molecular formula is C20H26N2O4S2. The molecule has 152 valence electrons. The molecule has 8 heteroatoms. The van der Waals surface area contributed by atoms with E-state index in [1.807, 2.05) is 31.2 Å². The van der Waals surface area contributed by atoms with Gasteiger partial charge in [0.1, 0.15) is 0 Å². The lowest BCUT2D eigenvalue weighted by Gasteiger charge is -2.22. The van der Waals surface area contributed by atoms with Gasteiger partial charge in [-0.25, -0.2) is 16.8 Å². The normalized spacial score (nSPS) is 17.4. The molecule has 1 aliphatic rings. The number of benzene rings is 2. The number of sulfone groups is 1. The molecule has 0 aromatic heterocycles. The molecular weight excluding hydrogens is 396 g/mol. The van der Waals surface area contributed by atoms with Crippen LogP contribution >= 0.6 is 0 Å². The van der Waals surface area contributed by atoms with E-state index in [2.05, 4.69) is 4.90 Å². The summed E-state index contributed by atoms with van der Waals surface area (Å²) in [4.78, 5) is 2.85. The number of sulfonamides is 1. The number of hydrogen-bond acceptors (Lipinski definition) is 5. The topological polar surface area (TPSA) is 74.8 Å². The molecule has 0 saturated carbocycles. The molecule has 1 saturated heterocycles. The van der Waals surface area contributed by atoms with E-state index in [0.717, 1.165) is 24.1 Å². The zero-order valence-corrected chi connectivity index (χ0v) is 17.8. The van der Waals surface area contributed by atoms with Gasteiger partial charge in [-0.15, -0.1) is 0 Å². The third-order valence-corrected chi connectivity index (χ3v) is 8.01. The average Bonchev–Trinajstić information content (AvgIpc) is 2.88. The molecule has 0 amide bonds. The van der Waals surface area contributed by atoms with Crippen molar-refractivity contribution in [3.63, 3.8) is 0 Å². The maximum absolute atomic E-state index is 12.9. The van der Waals surface area contributed by atoms with Gasteiger partial charge in [-0.05, 0) is 49.7 Å². The first-order chi connectivity index (χ1) is 13.2. The minimum atomic E-state index is -3.48. The lowest BCUT2D eigenvalue weighted by Crippen LogP contribution is -2.35. The Morgan fingerprint density at radius 3 is 2.00 bits per heavy atom. The van der Waals surface area contributed by atoms with E-state index in [1.165, 1.54) is 6.26 Å². The van der Waals surface area contributed by atoms with E-state index in [0.29, 0.717) is 36.0 Å². The summed E-state index contributed by atoms with van der Waals surface area (Å²) in [6, 6.07) is 13.8. The molecule has 0 aliphatic carbocycles. The molecule has 0 unspecified atom stereocenters. The van der Waals surface area contributed by atoms with Crippen molar-refractivity contribution in [3.05, 3.63) is 59.7 Å². The van der Waals surface area contributed by atoms with Crippen molar-refractivity contribution in [1.29, 1.82) is 0 Å². The number of aryl methyl sites for hydroxylation is 1. The van der Waals surface area contributed by atoms with Crippen LogP contribution in [-0.2, 0) is 26.4 Å². The van der Waals surface area contributed by atoms with Crippen LogP contribution in [0.4, 0.5) is 0 Å². The fraction of sp³-hybridized carbons (Fsp3) is 0.400. The van der Waals surface area contributed by atoms with E-state index in [-0.39, 0.29) is 0 Å². The van der Waals surface area contributed by atoms with Crippen LogP contribution < -0.4 is 0 Å². The summed E-state index contributed by atoms with van der Waals surface area (Å²) in [6.07, 6.45) is 1.95. The second-order valence-corrected chi connectivity index (χ2v) is 11.2. The minimum absolute atomic E-state index is 0.308. The van der Waals surface area contributed by atoms with Crippen molar-refractivity contribution >= 4 is 19.9 Å². The molecule has 2 aromatic carbocycles. The Morgan fingerprint density at radius 2 is 1.39 bits per heavy atom. The molecule has 1 fully saturated rings. The second kappa shape index (κ2) is 8.32. The van der Waals surface area contributed by atoms with Crippen LogP contribution in [0, 0.1) is 6.92 Å². The molecule has 1 heterocycles. The Balaban J connectivity index is 1.65. The lowest BCUT2D eigenvalue weighted by atomic mass is 10.2. The highest BCUT2D eigenvalue weighted by Crippen LogP contribution is 2.19. The Hall–Kier alpha value is -1.74.